The SMILES string of the molecule is CC[C@@H]1[C@@H](C)C[C@H](O)CCCC2CC[C@@]3(C)C(CCC3[C@H](C)CCOC(=O)NSc3cccc(OC)c3)C2[C@@H]1O. The lowest BCUT2D eigenvalue weighted by molar-refractivity contribution is -0.0977. The summed E-state index contributed by atoms with van der Waals surface area (Å²) in [6.07, 6.45) is 9.57. The van der Waals surface area contributed by atoms with Gasteiger partial charge in [-0.15, -0.1) is 0 Å². The van der Waals surface area contributed by atoms with Crippen molar-refractivity contribution in [2.45, 2.75) is 109 Å². The molecule has 6 nitrogen and oxygen atoms in total. The van der Waals surface area contributed by atoms with Gasteiger partial charge in [0.1, 0.15) is 5.75 Å². The lowest BCUT2D eigenvalue weighted by Crippen LogP contribution is -2.50. The molecule has 0 aliphatic heterocycles. The van der Waals surface area contributed by atoms with Gasteiger partial charge in [0.2, 0.25) is 0 Å². The predicted molar refractivity (Wildman–Crippen MR) is 161 cm³/mol. The second-order valence-electron chi connectivity index (χ2n) is 13.3. The monoisotopic (exact) mass is 575 g/mol. The summed E-state index contributed by atoms with van der Waals surface area (Å²) in [6, 6.07) is 7.57. The van der Waals surface area contributed by atoms with Crippen LogP contribution in [0.15, 0.2) is 29.2 Å². The summed E-state index contributed by atoms with van der Waals surface area (Å²) in [5.41, 5.74) is 0.219. The largest absolute Gasteiger partial charge is 0.497 e. The third-order valence-corrected chi connectivity index (χ3v) is 11.9. The number of carbonyl (C=O) groups excluding carboxylic acids is 1. The Hall–Kier alpha value is -1.44. The van der Waals surface area contributed by atoms with Gasteiger partial charge in [0.25, 0.3) is 0 Å². The highest BCUT2D eigenvalue weighted by molar-refractivity contribution is 7.98. The smallest absolute Gasteiger partial charge is 0.417 e. The first kappa shape index (κ1) is 31.5. The molecular weight excluding hydrogens is 522 g/mol. The van der Waals surface area contributed by atoms with Crippen molar-refractivity contribution in [2.75, 3.05) is 13.7 Å². The van der Waals surface area contributed by atoms with Gasteiger partial charge in [-0.2, -0.15) is 0 Å². The second-order valence-corrected chi connectivity index (χ2v) is 14.2. The molecule has 0 saturated heterocycles. The van der Waals surface area contributed by atoms with Crippen molar-refractivity contribution in [3.8, 4) is 5.75 Å². The van der Waals surface area contributed by atoms with Gasteiger partial charge in [0.15, 0.2) is 0 Å². The van der Waals surface area contributed by atoms with Gasteiger partial charge in [-0.25, -0.2) is 4.79 Å². The summed E-state index contributed by atoms with van der Waals surface area (Å²) < 4.78 is 13.6. The van der Waals surface area contributed by atoms with Gasteiger partial charge < -0.3 is 19.7 Å². The Morgan fingerprint density at radius 2 is 2.00 bits per heavy atom. The number of benzene rings is 1. The first-order valence-corrected chi connectivity index (χ1v) is 16.6. The normalized spacial score (nSPS) is 37.1. The molecule has 1 aromatic rings. The Morgan fingerprint density at radius 1 is 1.20 bits per heavy atom. The summed E-state index contributed by atoms with van der Waals surface area (Å²) in [5.74, 6) is 3.84. The van der Waals surface area contributed by atoms with Crippen molar-refractivity contribution in [1.82, 2.24) is 4.72 Å². The standard InChI is InChI=1S/C33H53NO5S/c1-6-27-22(3)19-24(35)10-7-9-23-15-17-33(4)28(13-14-29(33)30(23)31(27)36)21(2)16-18-39-32(37)34-40-26-12-8-11-25(20-26)38-5/h8,11-12,20-24,27-31,35-36H,6-7,9-10,13-19H2,1-5H3,(H,34,37)/t21-,22+,23?,24-,27-,28?,29?,30?,31-,33-/m1/s1. The lowest BCUT2D eigenvalue weighted by Gasteiger charge is -2.53. The first-order valence-electron chi connectivity index (χ1n) is 15.8. The molecule has 3 N–H and O–H groups in total. The Morgan fingerprint density at radius 3 is 2.75 bits per heavy atom. The van der Waals surface area contributed by atoms with Crippen LogP contribution in [0.25, 0.3) is 0 Å². The predicted octanol–water partition coefficient (Wildman–Crippen LogP) is 7.47. The van der Waals surface area contributed by atoms with Crippen LogP contribution < -0.4 is 9.46 Å². The van der Waals surface area contributed by atoms with Crippen molar-refractivity contribution in [2.24, 2.45) is 46.8 Å². The van der Waals surface area contributed by atoms with E-state index in [1.54, 1.807) is 7.11 Å². The third kappa shape index (κ3) is 7.12. The minimum Gasteiger partial charge on any atom is -0.497 e. The average molecular weight is 576 g/mol. The summed E-state index contributed by atoms with van der Waals surface area (Å²) in [5, 5.41) is 22.5. The van der Waals surface area contributed by atoms with E-state index in [4.69, 9.17) is 9.47 Å². The van der Waals surface area contributed by atoms with Crippen molar-refractivity contribution in [1.29, 1.82) is 0 Å². The van der Waals surface area contributed by atoms with Crippen LogP contribution in [-0.4, -0.2) is 42.2 Å². The van der Waals surface area contributed by atoms with Crippen molar-refractivity contribution >= 4 is 18.0 Å². The van der Waals surface area contributed by atoms with Crippen molar-refractivity contribution < 1.29 is 24.5 Å². The maximum Gasteiger partial charge on any atom is 0.417 e. The van der Waals surface area contributed by atoms with E-state index in [1.807, 2.05) is 24.3 Å². The number of nitrogens with one attached hydrogen (secondary N) is 1. The first-order chi connectivity index (χ1) is 19.2. The minimum atomic E-state index is -0.412. The fourth-order valence-electron chi connectivity index (χ4n) is 9.04. The summed E-state index contributed by atoms with van der Waals surface area (Å²) in [6.45, 7) is 9.70. The third-order valence-electron chi connectivity index (χ3n) is 11.1. The molecule has 4 unspecified atom stereocenters. The summed E-state index contributed by atoms with van der Waals surface area (Å²) in [7, 11) is 1.63. The molecule has 1 amide bonds. The van der Waals surface area contributed by atoms with E-state index in [1.165, 1.54) is 37.6 Å². The summed E-state index contributed by atoms with van der Waals surface area (Å²) >= 11 is 1.23. The van der Waals surface area contributed by atoms with Crippen LogP contribution in [-0.2, 0) is 4.74 Å². The highest BCUT2D eigenvalue weighted by atomic mass is 32.2. The number of methoxy groups -OCH3 is 1. The van der Waals surface area contributed by atoms with Gasteiger partial charge in [-0.3, -0.25) is 4.72 Å². The molecule has 0 heterocycles. The highest BCUT2D eigenvalue weighted by Gasteiger charge is 2.57. The molecule has 40 heavy (non-hydrogen) atoms. The van der Waals surface area contributed by atoms with Gasteiger partial charge >= 0.3 is 6.09 Å². The van der Waals surface area contributed by atoms with Crippen LogP contribution in [0.1, 0.15) is 91.9 Å². The Kier molecular flexibility index (Phi) is 11.1. The van der Waals surface area contributed by atoms with Crippen LogP contribution >= 0.6 is 11.9 Å². The molecular formula is C33H53NO5S. The molecule has 3 saturated carbocycles. The molecule has 0 bridgehead atoms. The molecule has 3 fully saturated rings. The minimum absolute atomic E-state index is 0.219. The van der Waals surface area contributed by atoms with Crippen LogP contribution in [0.2, 0.25) is 0 Å². The van der Waals surface area contributed by atoms with E-state index in [9.17, 15) is 15.0 Å². The topological polar surface area (TPSA) is 88.0 Å². The van der Waals surface area contributed by atoms with Gasteiger partial charge in [0.05, 0.1) is 25.9 Å². The quantitative estimate of drug-likeness (QED) is 0.279. The molecule has 7 heteroatoms. The van der Waals surface area contributed by atoms with E-state index in [-0.39, 0.29) is 23.5 Å². The van der Waals surface area contributed by atoms with Gasteiger partial charge in [-0.05, 0) is 128 Å². The molecule has 226 valence electrons. The fraction of sp³-hybridized carbons (Fsp3) is 0.788. The maximum atomic E-state index is 12.3. The fourth-order valence-corrected chi connectivity index (χ4v) is 9.62. The maximum absolute atomic E-state index is 12.3. The van der Waals surface area contributed by atoms with Crippen LogP contribution in [0.3, 0.4) is 0 Å². The number of aliphatic hydroxyl groups is 2. The van der Waals surface area contributed by atoms with E-state index in [2.05, 4.69) is 32.4 Å². The van der Waals surface area contributed by atoms with Gasteiger partial charge in [-0.1, -0.05) is 46.6 Å². The number of fused-ring (bicyclic) bond motifs is 3. The Labute approximate surface area is 246 Å². The van der Waals surface area contributed by atoms with Crippen molar-refractivity contribution in [3.05, 3.63) is 24.3 Å². The molecule has 1 aromatic carbocycles. The average Bonchev–Trinajstić information content (AvgIpc) is 3.28. The number of amides is 1. The zero-order chi connectivity index (χ0) is 28.9. The molecule has 10 atom stereocenters. The molecule has 3 aliphatic carbocycles. The number of aliphatic hydroxyl groups excluding tert-OH is 2. The zero-order valence-electron chi connectivity index (χ0n) is 25.3. The number of hydrogen-bond donors (Lipinski definition) is 3. The Bertz CT molecular complexity index is 961. The number of rotatable bonds is 8. The van der Waals surface area contributed by atoms with E-state index >= 15 is 0 Å². The summed E-state index contributed by atoms with van der Waals surface area (Å²) in [4.78, 5) is 13.2. The van der Waals surface area contributed by atoms with Crippen LogP contribution in [0, 0.1) is 46.8 Å². The molecule has 4 rings (SSSR count). The van der Waals surface area contributed by atoms with E-state index < -0.39 is 6.09 Å². The Balaban J connectivity index is 1.34. The molecule has 3 aliphatic rings. The van der Waals surface area contributed by atoms with Crippen LogP contribution in [0.5, 0.6) is 5.75 Å². The van der Waals surface area contributed by atoms with E-state index in [0.717, 1.165) is 49.2 Å². The van der Waals surface area contributed by atoms with Gasteiger partial charge in [0, 0.05) is 4.90 Å². The number of hydrogen-bond acceptors (Lipinski definition) is 6. The molecule has 0 spiro atoms. The van der Waals surface area contributed by atoms with Crippen LogP contribution in [0.4, 0.5) is 4.79 Å². The zero-order valence-corrected chi connectivity index (χ0v) is 26.1. The second kappa shape index (κ2) is 14.2. The molecule has 0 aromatic heterocycles. The number of ether oxygens (including phenoxy) is 2. The highest BCUT2D eigenvalue weighted by Crippen LogP contribution is 2.63. The van der Waals surface area contributed by atoms with Crippen molar-refractivity contribution in [3.63, 3.8) is 0 Å². The molecule has 0 radical (unpaired) electrons. The lowest BCUT2D eigenvalue weighted by atomic mass is 9.53. The number of carbonyl (C=O) groups is 1. The van der Waals surface area contributed by atoms with E-state index in [0.29, 0.717) is 42.1 Å².